The maximum atomic E-state index is 15.0. The lowest BCUT2D eigenvalue weighted by Crippen LogP contribution is -2.77. The number of rotatable bonds is 2. The van der Waals surface area contributed by atoms with Crippen molar-refractivity contribution < 1.29 is 42.5 Å². The Morgan fingerprint density at radius 3 is 2.46 bits per heavy atom. The van der Waals surface area contributed by atoms with E-state index in [-0.39, 0.29) is 36.7 Å². The maximum absolute atomic E-state index is 15.0. The Morgan fingerprint density at radius 1 is 1.10 bits per heavy atom. The molecule has 0 aromatic carbocycles. The van der Waals surface area contributed by atoms with E-state index in [1.54, 1.807) is 18.6 Å². The molecule has 1 aromatic rings. The van der Waals surface area contributed by atoms with Crippen LogP contribution in [0.5, 0.6) is 0 Å². The highest BCUT2D eigenvalue weighted by atomic mass is 16.6. The SMILES string of the molecule is CC(=O)O[C@@H]1C(=O)[C@]2(C)[C@@H](CC[C@]3(C)[C@@H](c4ccoc4)OC(=O)[C@@H](C)[C@@]32C)[C@@]23COC(=O)C[C@H]2OC(C)(C)[C@@H]13. The molecule has 1 spiro atoms. The van der Waals surface area contributed by atoms with Crippen LogP contribution in [0.2, 0.25) is 0 Å². The average Bonchev–Trinajstić information content (AvgIpc) is 3.46. The normalized spacial score (nSPS) is 48.1. The van der Waals surface area contributed by atoms with E-state index >= 15 is 4.79 Å². The molecule has 39 heavy (non-hydrogen) atoms. The molecule has 3 saturated heterocycles. The monoisotopic (exact) mass is 542 g/mol. The molecule has 0 amide bonds. The van der Waals surface area contributed by atoms with E-state index in [2.05, 4.69) is 6.92 Å². The first-order valence-corrected chi connectivity index (χ1v) is 13.9. The number of carbonyl (C=O) groups excluding carboxylic acids is 4. The zero-order valence-electron chi connectivity index (χ0n) is 23.7. The molecule has 3 aliphatic heterocycles. The van der Waals surface area contributed by atoms with Crippen LogP contribution in [0.4, 0.5) is 0 Å². The Morgan fingerprint density at radius 2 is 1.82 bits per heavy atom. The summed E-state index contributed by atoms with van der Waals surface area (Å²) in [4.78, 5) is 53.6. The Hall–Kier alpha value is -2.68. The van der Waals surface area contributed by atoms with E-state index in [1.807, 2.05) is 34.6 Å². The molecule has 9 nitrogen and oxygen atoms in total. The second kappa shape index (κ2) is 7.95. The molecule has 1 aromatic heterocycles. The predicted molar refractivity (Wildman–Crippen MR) is 135 cm³/mol. The van der Waals surface area contributed by atoms with Gasteiger partial charge in [-0.2, -0.15) is 0 Å². The molecule has 4 heterocycles. The van der Waals surface area contributed by atoms with Crippen LogP contribution in [-0.4, -0.2) is 48.1 Å². The lowest BCUT2D eigenvalue weighted by molar-refractivity contribution is -0.284. The van der Waals surface area contributed by atoms with Crippen LogP contribution in [0.15, 0.2) is 23.0 Å². The van der Waals surface area contributed by atoms with Crippen LogP contribution in [0, 0.1) is 39.4 Å². The Labute approximate surface area is 228 Å². The minimum Gasteiger partial charge on any atom is -0.472 e. The lowest BCUT2D eigenvalue weighted by Gasteiger charge is -2.72. The molecule has 2 aliphatic carbocycles. The molecular weight excluding hydrogens is 504 g/mol. The maximum Gasteiger partial charge on any atom is 0.309 e. The van der Waals surface area contributed by atoms with Gasteiger partial charge in [-0.05, 0) is 38.7 Å². The molecule has 5 fully saturated rings. The first-order valence-electron chi connectivity index (χ1n) is 13.9. The van der Waals surface area contributed by atoms with Crippen LogP contribution in [0.1, 0.15) is 79.4 Å². The zero-order chi connectivity index (χ0) is 28.3. The standard InChI is InChI=1S/C30H38O9/c1-15-25(34)38-24(17-9-11-35-13-17)27(5)10-8-18-28(6,29(15,27)7)23(33)21(37-16(2)31)22-26(3,4)39-19-12-20(32)36-14-30(18,19)22/h9,11,13,15,18-19,21-22,24H,8,10,12,14H2,1-7H3/t15-,18-,19-,21+,22-,24-,27-,28+,29+,30+/m1/s1. The fraction of sp³-hybridized carbons (Fsp3) is 0.733. The summed E-state index contributed by atoms with van der Waals surface area (Å²) in [6.07, 6.45) is 2.28. The zero-order valence-corrected chi connectivity index (χ0v) is 23.7. The topological polar surface area (TPSA) is 118 Å². The third-order valence-corrected chi connectivity index (χ3v) is 12.0. The minimum atomic E-state index is -1.14. The summed E-state index contributed by atoms with van der Waals surface area (Å²) < 4.78 is 29.7. The number of esters is 3. The van der Waals surface area contributed by atoms with Gasteiger partial charge in [0.1, 0.15) is 12.7 Å². The number of carbonyl (C=O) groups is 4. The highest BCUT2D eigenvalue weighted by Gasteiger charge is 2.83. The van der Waals surface area contributed by atoms with Crippen molar-refractivity contribution in [1.29, 1.82) is 0 Å². The van der Waals surface area contributed by atoms with Gasteiger partial charge in [-0.15, -0.1) is 0 Å². The summed E-state index contributed by atoms with van der Waals surface area (Å²) in [6.45, 7) is 13.1. The minimum absolute atomic E-state index is 0.0662. The molecule has 212 valence electrons. The van der Waals surface area contributed by atoms with E-state index < -0.39 is 63.4 Å². The predicted octanol–water partition coefficient (Wildman–Crippen LogP) is 4.18. The van der Waals surface area contributed by atoms with Crippen molar-refractivity contribution in [2.24, 2.45) is 39.4 Å². The number of ether oxygens (including phenoxy) is 4. The summed E-state index contributed by atoms with van der Waals surface area (Å²) >= 11 is 0. The molecule has 0 radical (unpaired) electrons. The van der Waals surface area contributed by atoms with Crippen molar-refractivity contribution in [2.75, 3.05) is 6.61 Å². The number of Topliss-reactive ketones (excluding diaryl/α,β-unsaturated/α-hetero) is 1. The molecule has 10 atom stereocenters. The van der Waals surface area contributed by atoms with Gasteiger partial charge in [0.2, 0.25) is 0 Å². The van der Waals surface area contributed by atoms with Crippen molar-refractivity contribution in [1.82, 2.24) is 0 Å². The second-order valence-electron chi connectivity index (χ2n) is 13.6. The Bertz CT molecular complexity index is 1250. The van der Waals surface area contributed by atoms with Crippen molar-refractivity contribution >= 4 is 23.7 Å². The molecule has 0 N–H and O–H groups in total. The number of fused-ring (bicyclic) bond motifs is 3. The van der Waals surface area contributed by atoms with Gasteiger partial charge in [-0.1, -0.05) is 27.7 Å². The van der Waals surface area contributed by atoms with Crippen LogP contribution in [0.25, 0.3) is 0 Å². The number of ketones is 1. The van der Waals surface area contributed by atoms with E-state index in [1.165, 1.54) is 6.92 Å². The number of furan rings is 1. The third-order valence-electron chi connectivity index (χ3n) is 12.0. The molecule has 9 heteroatoms. The highest BCUT2D eigenvalue weighted by Crippen LogP contribution is 2.78. The smallest absolute Gasteiger partial charge is 0.309 e. The molecule has 2 saturated carbocycles. The van der Waals surface area contributed by atoms with Gasteiger partial charge in [0, 0.05) is 40.1 Å². The van der Waals surface area contributed by atoms with Crippen LogP contribution in [0.3, 0.4) is 0 Å². The molecule has 0 bridgehead atoms. The van der Waals surface area contributed by atoms with Crippen molar-refractivity contribution in [3.63, 3.8) is 0 Å². The van der Waals surface area contributed by atoms with Gasteiger partial charge in [0.15, 0.2) is 11.9 Å². The molecule has 0 unspecified atom stereocenters. The summed E-state index contributed by atoms with van der Waals surface area (Å²) in [5.74, 6) is -2.91. The summed E-state index contributed by atoms with van der Waals surface area (Å²) in [5.41, 5.74) is -3.57. The third kappa shape index (κ3) is 2.95. The van der Waals surface area contributed by atoms with Crippen molar-refractivity contribution in [2.45, 2.75) is 91.6 Å². The van der Waals surface area contributed by atoms with Crippen molar-refractivity contribution in [3.8, 4) is 0 Å². The van der Waals surface area contributed by atoms with Gasteiger partial charge < -0.3 is 23.4 Å². The number of hydrogen-bond acceptors (Lipinski definition) is 9. The highest BCUT2D eigenvalue weighted by molar-refractivity contribution is 5.94. The Balaban J connectivity index is 1.61. The second-order valence-corrected chi connectivity index (χ2v) is 13.6. The molecular formula is C30H38O9. The number of cyclic esters (lactones) is 2. The summed E-state index contributed by atoms with van der Waals surface area (Å²) in [6, 6.07) is 1.80. The van der Waals surface area contributed by atoms with Gasteiger partial charge in [-0.25, -0.2) is 0 Å². The first kappa shape index (κ1) is 26.5. The van der Waals surface area contributed by atoms with Crippen LogP contribution in [-0.2, 0) is 38.1 Å². The van der Waals surface area contributed by atoms with Gasteiger partial charge >= 0.3 is 17.9 Å². The summed E-state index contributed by atoms with van der Waals surface area (Å²) in [5, 5.41) is 0. The van der Waals surface area contributed by atoms with E-state index in [4.69, 9.17) is 23.4 Å². The molecule has 6 rings (SSSR count). The Kier molecular flexibility index (Phi) is 5.41. The quantitative estimate of drug-likeness (QED) is 0.400. The number of hydrogen-bond donors (Lipinski definition) is 0. The van der Waals surface area contributed by atoms with E-state index in [9.17, 15) is 14.4 Å². The van der Waals surface area contributed by atoms with Gasteiger partial charge in [0.05, 0.1) is 36.6 Å². The lowest BCUT2D eigenvalue weighted by atomic mass is 9.31. The largest absolute Gasteiger partial charge is 0.472 e. The van der Waals surface area contributed by atoms with Gasteiger partial charge in [0.25, 0.3) is 0 Å². The average molecular weight is 543 g/mol. The fourth-order valence-electron chi connectivity index (χ4n) is 10.1. The van der Waals surface area contributed by atoms with E-state index in [0.717, 1.165) is 5.56 Å². The van der Waals surface area contributed by atoms with E-state index in [0.29, 0.717) is 12.8 Å². The van der Waals surface area contributed by atoms with Gasteiger partial charge in [-0.3, -0.25) is 19.2 Å². The van der Waals surface area contributed by atoms with Crippen molar-refractivity contribution in [3.05, 3.63) is 24.2 Å². The molecule has 5 aliphatic rings. The fourth-order valence-corrected chi connectivity index (χ4v) is 10.1. The van der Waals surface area contributed by atoms with Crippen LogP contribution < -0.4 is 0 Å². The summed E-state index contributed by atoms with van der Waals surface area (Å²) in [7, 11) is 0. The van der Waals surface area contributed by atoms with Crippen LogP contribution >= 0.6 is 0 Å². The first-order chi connectivity index (χ1) is 18.2.